The molecule has 1 heterocycles. The van der Waals surface area contributed by atoms with E-state index in [2.05, 4.69) is 6.92 Å². The van der Waals surface area contributed by atoms with E-state index in [9.17, 15) is 19.8 Å². The van der Waals surface area contributed by atoms with Gasteiger partial charge in [0, 0.05) is 22.0 Å². The molecule has 0 bridgehead atoms. The van der Waals surface area contributed by atoms with E-state index in [1.165, 1.54) is 0 Å². The van der Waals surface area contributed by atoms with E-state index in [1.54, 1.807) is 20.8 Å². The van der Waals surface area contributed by atoms with E-state index in [4.69, 9.17) is 23.2 Å². The Kier molecular flexibility index (Phi) is 9.13. The highest BCUT2D eigenvalue weighted by molar-refractivity contribution is 6.30. The first-order valence-electron chi connectivity index (χ1n) is 12.6. The van der Waals surface area contributed by atoms with Gasteiger partial charge in [-0.25, -0.2) is 0 Å². The lowest BCUT2D eigenvalue weighted by atomic mass is 9.67. The third-order valence-electron chi connectivity index (χ3n) is 7.32. The summed E-state index contributed by atoms with van der Waals surface area (Å²) in [5.41, 5.74) is 0.0748. The van der Waals surface area contributed by atoms with Crippen LogP contribution < -0.4 is 0 Å². The Bertz CT molecular complexity index is 1070. The predicted molar refractivity (Wildman–Crippen MR) is 144 cm³/mol. The maximum Gasteiger partial charge on any atom is 0.304 e. The number of amides is 1. The third-order valence-corrected chi connectivity index (χ3v) is 7.81. The van der Waals surface area contributed by atoms with E-state index >= 15 is 0 Å². The molecule has 0 radical (unpaired) electrons. The maximum absolute atomic E-state index is 14.2. The van der Waals surface area contributed by atoms with Crippen molar-refractivity contribution in [2.45, 2.75) is 89.8 Å². The van der Waals surface area contributed by atoms with Gasteiger partial charge in [-0.05, 0) is 81.3 Å². The molecule has 1 aliphatic heterocycles. The largest absolute Gasteiger partial charge is 0.481 e. The minimum atomic E-state index is -1.06. The van der Waals surface area contributed by atoms with Gasteiger partial charge in [0.2, 0.25) is 5.91 Å². The number of benzene rings is 2. The van der Waals surface area contributed by atoms with Crippen molar-refractivity contribution in [1.29, 1.82) is 0 Å². The van der Waals surface area contributed by atoms with E-state index in [-0.39, 0.29) is 30.3 Å². The fourth-order valence-corrected chi connectivity index (χ4v) is 5.92. The molecule has 1 amide bonds. The quantitative estimate of drug-likeness (QED) is 0.337. The number of hydrogen-bond donors (Lipinski definition) is 2. The van der Waals surface area contributed by atoms with Crippen molar-refractivity contribution in [2.24, 2.45) is 5.41 Å². The summed E-state index contributed by atoms with van der Waals surface area (Å²) in [4.78, 5) is 28.0. The van der Waals surface area contributed by atoms with Crippen LogP contribution in [0.15, 0.2) is 48.5 Å². The standard InChI is InChI=1S/C29H37Cl2NO4/c1-5-23(10-7-15-28(2,3)36)32-26(19-11-13-21(30)14-12-19)24(20-8-6-9-22(31)16-20)17-29(4,27(32)35)18-25(33)34/h6,8-9,11-14,16,23-24,26,36H,5,7,10,15,17-18H2,1-4H3,(H,33,34)/t23-,24?,26?,29+/m0/s1. The second-order valence-corrected chi connectivity index (χ2v) is 11.8. The molecule has 0 aliphatic carbocycles. The molecule has 196 valence electrons. The Labute approximate surface area is 224 Å². The van der Waals surface area contributed by atoms with Gasteiger partial charge in [-0.3, -0.25) is 9.59 Å². The van der Waals surface area contributed by atoms with E-state index in [0.717, 1.165) is 17.5 Å². The molecule has 1 aliphatic rings. The van der Waals surface area contributed by atoms with Crippen LogP contribution in [0.3, 0.4) is 0 Å². The third kappa shape index (κ3) is 6.81. The zero-order valence-electron chi connectivity index (χ0n) is 21.5. The van der Waals surface area contributed by atoms with Crippen molar-refractivity contribution < 1.29 is 19.8 Å². The number of nitrogens with zero attached hydrogens (tertiary/aromatic N) is 1. The zero-order valence-corrected chi connectivity index (χ0v) is 23.0. The number of piperidine rings is 1. The number of aliphatic hydroxyl groups is 1. The second-order valence-electron chi connectivity index (χ2n) is 11.0. The molecule has 2 aromatic rings. The maximum atomic E-state index is 14.2. The van der Waals surface area contributed by atoms with Gasteiger partial charge < -0.3 is 15.1 Å². The molecule has 5 nitrogen and oxygen atoms in total. The van der Waals surface area contributed by atoms with E-state index in [1.807, 2.05) is 53.4 Å². The van der Waals surface area contributed by atoms with Crippen LogP contribution in [0.2, 0.25) is 10.0 Å². The number of hydrogen-bond acceptors (Lipinski definition) is 3. The minimum absolute atomic E-state index is 0.115. The molecule has 1 fully saturated rings. The number of rotatable bonds is 10. The van der Waals surface area contributed by atoms with Crippen molar-refractivity contribution in [3.05, 3.63) is 69.7 Å². The number of carbonyl (C=O) groups excluding carboxylic acids is 1. The topological polar surface area (TPSA) is 77.8 Å². The van der Waals surface area contributed by atoms with Crippen molar-refractivity contribution in [1.82, 2.24) is 4.90 Å². The lowest BCUT2D eigenvalue weighted by molar-refractivity contribution is -0.160. The molecule has 3 rings (SSSR count). The van der Waals surface area contributed by atoms with Gasteiger partial charge >= 0.3 is 5.97 Å². The number of carbonyl (C=O) groups is 2. The summed E-state index contributed by atoms with van der Waals surface area (Å²) in [5, 5.41) is 21.2. The van der Waals surface area contributed by atoms with Crippen molar-refractivity contribution in [3.8, 4) is 0 Å². The van der Waals surface area contributed by atoms with Crippen LogP contribution in [-0.4, -0.2) is 38.6 Å². The Morgan fingerprint density at radius 2 is 1.81 bits per heavy atom. The van der Waals surface area contributed by atoms with Gasteiger partial charge in [0.25, 0.3) is 0 Å². The molecular formula is C29H37Cl2NO4. The first-order chi connectivity index (χ1) is 16.8. The molecule has 2 N–H and O–H groups in total. The average Bonchev–Trinajstić information content (AvgIpc) is 2.78. The fourth-order valence-electron chi connectivity index (χ4n) is 5.59. The van der Waals surface area contributed by atoms with Crippen molar-refractivity contribution in [2.75, 3.05) is 0 Å². The second kappa shape index (κ2) is 11.5. The van der Waals surface area contributed by atoms with Crippen LogP contribution in [0.4, 0.5) is 0 Å². The molecule has 36 heavy (non-hydrogen) atoms. The van der Waals surface area contributed by atoms with Crippen molar-refractivity contribution in [3.63, 3.8) is 0 Å². The highest BCUT2D eigenvalue weighted by Gasteiger charge is 2.52. The molecule has 4 atom stereocenters. The molecule has 0 saturated carbocycles. The van der Waals surface area contributed by atoms with Crippen LogP contribution in [0.25, 0.3) is 0 Å². The molecule has 0 spiro atoms. The van der Waals surface area contributed by atoms with Gasteiger partial charge in [-0.15, -0.1) is 0 Å². The lowest BCUT2D eigenvalue weighted by Crippen LogP contribution is -2.56. The van der Waals surface area contributed by atoms with Crippen LogP contribution in [-0.2, 0) is 9.59 Å². The fraction of sp³-hybridized carbons (Fsp3) is 0.517. The van der Waals surface area contributed by atoms with Gasteiger partial charge in [0.15, 0.2) is 0 Å². The van der Waals surface area contributed by atoms with Crippen LogP contribution in [0.1, 0.15) is 89.3 Å². The lowest BCUT2D eigenvalue weighted by Gasteiger charge is -2.52. The predicted octanol–water partition coefficient (Wildman–Crippen LogP) is 7.25. The molecule has 0 aromatic heterocycles. The molecule has 1 saturated heterocycles. The van der Waals surface area contributed by atoms with E-state index in [0.29, 0.717) is 35.7 Å². The number of halogens is 2. The summed E-state index contributed by atoms with van der Waals surface area (Å²) < 4.78 is 0. The van der Waals surface area contributed by atoms with Crippen molar-refractivity contribution >= 4 is 35.1 Å². The summed E-state index contributed by atoms with van der Waals surface area (Å²) in [7, 11) is 0. The highest BCUT2D eigenvalue weighted by atomic mass is 35.5. The Hall–Kier alpha value is -2.08. The minimum Gasteiger partial charge on any atom is -0.481 e. The van der Waals surface area contributed by atoms with Crippen LogP contribution in [0.5, 0.6) is 0 Å². The first kappa shape index (κ1) is 28.5. The Balaban J connectivity index is 2.15. The van der Waals surface area contributed by atoms with E-state index < -0.39 is 17.0 Å². The van der Waals surface area contributed by atoms with Crippen LogP contribution >= 0.6 is 23.2 Å². The number of carboxylic acid groups (broad SMARTS) is 1. The normalized spacial score (nSPS) is 23.5. The summed E-state index contributed by atoms with van der Waals surface area (Å²) in [6, 6.07) is 14.8. The summed E-state index contributed by atoms with van der Waals surface area (Å²) in [5.74, 6) is -1.29. The summed E-state index contributed by atoms with van der Waals surface area (Å²) >= 11 is 12.6. The number of carboxylic acids is 1. The zero-order chi connectivity index (χ0) is 26.7. The van der Waals surface area contributed by atoms with Gasteiger partial charge in [0.05, 0.1) is 23.5 Å². The molecule has 7 heteroatoms. The van der Waals surface area contributed by atoms with Crippen LogP contribution in [0, 0.1) is 5.41 Å². The molecule has 2 unspecified atom stereocenters. The monoisotopic (exact) mass is 533 g/mol. The average molecular weight is 535 g/mol. The smallest absolute Gasteiger partial charge is 0.304 e. The van der Waals surface area contributed by atoms with Gasteiger partial charge in [0.1, 0.15) is 0 Å². The summed E-state index contributed by atoms with van der Waals surface area (Å²) in [6.07, 6.45) is 2.93. The number of aliphatic carboxylic acids is 1. The highest BCUT2D eigenvalue weighted by Crippen LogP contribution is 2.52. The molecular weight excluding hydrogens is 497 g/mol. The first-order valence-corrected chi connectivity index (χ1v) is 13.4. The molecule has 2 aromatic carbocycles. The number of likely N-dealkylation sites (tertiary alicyclic amines) is 1. The van der Waals surface area contributed by atoms with Gasteiger partial charge in [-0.2, -0.15) is 0 Å². The SMILES string of the molecule is CC[C@@H](CCCC(C)(C)O)N1C(=O)[C@@](C)(CC(=O)O)CC(c2cccc(Cl)c2)C1c1ccc(Cl)cc1. The Morgan fingerprint density at radius 3 is 2.36 bits per heavy atom. The Morgan fingerprint density at radius 1 is 1.14 bits per heavy atom. The van der Waals surface area contributed by atoms with Gasteiger partial charge in [-0.1, -0.05) is 61.3 Å². The summed E-state index contributed by atoms with van der Waals surface area (Å²) in [6.45, 7) is 7.40.